The molecule has 0 saturated carbocycles. The van der Waals surface area contributed by atoms with Gasteiger partial charge in [-0.2, -0.15) is 0 Å². The van der Waals surface area contributed by atoms with E-state index in [0.29, 0.717) is 22.2 Å². The van der Waals surface area contributed by atoms with Gasteiger partial charge in [-0.25, -0.2) is 4.98 Å². The highest BCUT2D eigenvalue weighted by molar-refractivity contribution is 6.30. The first-order valence-electron chi connectivity index (χ1n) is 9.40. The molecule has 0 saturated heterocycles. The number of nitrogens with zero attached hydrogens (tertiary/aromatic N) is 1. The molecule has 0 spiro atoms. The molecule has 6 heteroatoms. The minimum atomic E-state index is -0.326. The predicted octanol–water partition coefficient (Wildman–Crippen LogP) is 5.86. The number of phenolic OH excluding ortho intramolecular Hbond substituents is 1. The Hall–Kier alpha value is -3.57. The Morgan fingerprint density at radius 2 is 1.80 bits per heavy atom. The lowest BCUT2D eigenvalue weighted by Gasteiger charge is -2.07. The molecule has 3 aromatic carbocycles. The first-order valence-corrected chi connectivity index (χ1v) is 9.78. The van der Waals surface area contributed by atoms with Crippen molar-refractivity contribution in [2.75, 3.05) is 5.32 Å². The number of carbonyl (C=O) groups is 1. The van der Waals surface area contributed by atoms with Crippen molar-refractivity contribution < 1.29 is 14.3 Å². The van der Waals surface area contributed by atoms with Crippen LogP contribution in [0.2, 0.25) is 5.02 Å². The molecule has 0 atom stereocenters. The van der Waals surface area contributed by atoms with Gasteiger partial charge in [-0.05, 0) is 42.8 Å². The van der Waals surface area contributed by atoms with Gasteiger partial charge in [0.25, 0.3) is 0 Å². The van der Waals surface area contributed by atoms with Crippen LogP contribution in [0.15, 0.2) is 77.2 Å². The Morgan fingerprint density at radius 3 is 2.53 bits per heavy atom. The molecule has 150 valence electrons. The van der Waals surface area contributed by atoms with Gasteiger partial charge in [0.1, 0.15) is 11.4 Å². The topological polar surface area (TPSA) is 75.4 Å². The van der Waals surface area contributed by atoms with Crippen LogP contribution in [-0.2, 0) is 11.2 Å². The number of carbonyl (C=O) groups excluding carboxylic acids is 1. The van der Waals surface area contributed by atoms with E-state index in [1.54, 1.807) is 24.3 Å². The van der Waals surface area contributed by atoms with Crippen LogP contribution in [0.5, 0.6) is 5.75 Å². The standard InChI is InChI=1S/C24H19ClN2O3/c1-15-10-11-17(20(28)12-15)14-21(29)26-24-22(18-8-5-9-19(25)13-18)27-23(30-24)16-6-3-2-4-7-16/h2-13,28H,14H2,1H3,(H,26,29). The molecule has 0 fully saturated rings. The summed E-state index contributed by atoms with van der Waals surface area (Å²) in [4.78, 5) is 17.3. The van der Waals surface area contributed by atoms with E-state index in [2.05, 4.69) is 10.3 Å². The second-order valence-electron chi connectivity index (χ2n) is 6.93. The zero-order valence-electron chi connectivity index (χ0n) is 16.2. The van der Waals surface area contributed by atoms with Crippen molar-refractivity contribution in [3.63, 3.8) is 0 Å². The molecule has 1 heterocycles. The predicted molar refractivity (Wildman–Crippen MR) is 118 cm³/mol. The maximum absolute atomic E-state index is 12.7. The summed E-state index contributed by atoms with van der Waals surface area (Å²) in [6.07, 6.45) is 0.00245. The van der Waals surface area contributed by atoms with E-state index in [9.17, 15) is 9.90 Å². The van der Waals surface area contributed by atoms with E-state index in [0.717, 1.165) is 16.7 Å². The van der Waals surface area contributed by atoms with Crippen LogP contribution < -0.4 is 5.32 Å². The van der Waals surface area contributed by atoms with Crippen LogP contribution >= 0.6 is 11.6 Å². The summed E-state index contributed by atoms with van der Waals surface area (Å²) in [5.74, 6) is 0.378. The normalized spacial score (nSPS) is 10.7. The number of halogens is 1. The molecular formula is C24H19ClN2O3. The Morgan fingerprint density at radius 1 is 1.03 bits per heavy atom. The molecule has 2 N–H and O–H groups in total. The number of rotatable bonds is 5. The Balaban J connectivity index is 1.67. The third-order valence-corrected chi connectivity index (χ3v) is 4.83. The highest BCUT2D eigenvalue weighted by Crippen LogP contribution is 2.34. The molecule has 0 radical (unpaired) electrons. The summed E-state index contributed by atoms with van der Waals surface area (Å²) in [5.41, 5.74) is 3.45. The summed E-state index contributed by atoms with van der Waals surface area (Å²) in [7, 11) is 0. The number of aromatic hydroxyl groups is 1. The van der Waals surface area contributed by atoms with Gasteiger partial charge in [0.15, 0.2) is 0 Å². The van der Waals surface area contributed by atoms with Gasteiger partial charge in [0.05, 0.1) is 6.42 Å². The van der Waals surface area contributed by atoms with Crippen molar-refractivity contribution in [3.8, 4) is 28.5 Å². The van der Waals surface area contributed by atoms with Crippen LogP contribution in [0.25, 0.3) is 22.7 Å². The Bertz CT molecular complexity index is 1200. The molecule has 4 aromatic rings. The number of aromatic nitrogens is 1. The van der Waals surface area contributed by atoms with Crippen molar-refractivity contribution in [2.24, 2.45) is 0 Å². The van der Waals surface area contributed by atoms with E-state index in [1.165, 1.54) is 0 Å². The molecule has 0 aliphatic carbocycles. The SMILES string of the molecule is Cc1ccc(CC(=O)Nc2oc(-c3ccccc3)nc2-c2cccc(Cl)c2)c(O)c1. The molecule has 1 amide bonds. The largest absolute Gasteiger partial charge is 0.508 e. The minimum absolute atomic E-state index is 0.00245. The molecule has 0 aliphatic heterocycles. The van der Waals surface area contributed by atoms with Crippen LogP contribution in [0.4, 0.5) is 5.88 Å². The maximum Gasteiger partial charge on any atom is 0.231 e. The number of hydrogen-bond donors (Lipinski definition) is 2. The summed E-state index contributed by atoms with van der Waals surface area (Å²) < 4.78 is 5.90. The van der Waals surface area contributed by atoms with Gasteiger partial charge in [0.2, 0.25) is 17.7 Å². The number of nitrogens with one attached hydrogen (secondary N) is 1. The van der Waals surface area contributed by atoms with Gasteiger partial charge < -0.3 is 9.52 Å². The van der Waals surface area contributed by atoms with Crippen LogP contribution in [0.1, 0.15) is 11.1 Å². The fourth-order valence-electron chi connectivity index (χ4n) is 3.11. The van der Waals surface area contributed by atoms with Crippen LogP contribution in [0.3, 0.4) is 0 Å². The first-order chi connectivity index (χ1) is 14.5. The number of benzene rings is 3. The van der Waals surface area contributed by atoms with Crippen molar-refractivity contribution in [2.45, 2.75) is 13.3 Å². The highest BCUT2D eigenvalue weighted by atomic mass is 35.5. The number of oxazole rings is 1. The Labute approximate surface area is 179 Å². The lowest BCUT2D eigenvalue weighted by atomic mass is 10.1. The lowest BCUT2D eigenvalue weighted by molar-refractivity contribution is -0.115. The van der Waals surface area contributed by atoms with E-state index in [-0.39, 0.29) is 24.0 Å². The molecule has 0 aliphatic rings. The highest BCUT2D eigenvalue weighted by Gasteiger charge is 2.19. The smallest absolute Gasteiger partial charge is 0.231 e. The fourth-order valence-corrected chi connectivity index (χ4v) is 3.30. The average molecular weight is 419 g/mol. The van der Waals surface area contributed by atoms with Crippen molar-refractivity contribution >= 4 is 23.4 Å². The average Bonchev–Trinajstić information content (AvgIpc) is 3.14. The summed E-state index contributed by atoms with van der Waals surface area (Å²) >= 11 is 6.14. The molecule has 4 rings (SSSR count). The second kappa shape index (κ2) is 8.43. The third-order valence-electron chi connectivity index (χ3n) is 4.59. The summed E-state index contributed by atoms with van der Waals surface area (Å²) in [6.45, 7) is 1.88. The number of anilines is 1. The number of amides is 1. The monoisotopic (exact) mass is 418 g/mol. The van der Waals surface area contributed by atoms with E-state index in [4.69, 9.17) is 16.0 Å². The van der Waals surface area contributed by atoms with Crippen molar-refractivity contribution in [1.82, 2.24) is 4.98 Å². The van der Waals surface area contributed by atoms with Crippen molar-refractivity contribution in [1.29, 1.82) is 0 Å². The van der Waals surface area contributed by atoms with Gasteiger partial charge in [-0.1, -0.05) is 54.1 Å². The lowest BCUT2D eigenvalue weighted by Crippen LogP contribution is -2.14. The van der Waals surface area contributed by atoms with E-state index in [1.807, 2.05) is 55.5 Å². The number of phenols is 1. The molecule has 1 aromatic heterocycles. The summed E-state index contributed by atoms with van der Waals surface area (Å²) in [6, 6.07) is 21.8. The third kappa shape index (κ3) is 4.36. The fraction of sp³-hybridized carbons (Fsp3) is 0.0833. The van der Waals surface area contributed by atoms with Gasteiger partial charge in [-0.15, -0.1) is 0 Å². The number of hydrogen-bond acceptors (Lipinski definition) is 4. The summed E-state index contributed by atoms with van der Waals surface area (Å²) in [5, 5.41) is 13.4. The van der Waals surface area contributed by atoms with Gasteiger partial charge in [-0.3, -0.25) is 10.1 Å². The second-order valence-corrected chi connectivity index (χ2v) is 7.37. The zero-order valence-corrected chi connectivity index (χ0v) is 17.0. The molecule has 30 heavy (non-hydrogen) atoms. The van der Waals surface area contributed by atoms with Crippen molar-refractivity contribution in [3.05, 3.63) is 88.9 Å². The number of aryl methyl sites for hydroxylation is 1. The van der Waals surface area contributed by atoms with Crippen LogP contribution in [0, 0.1) is 6.92 Å². The quantitative estimate of drug-likeness (QED) is 0.425. The molecule has 5 nitrogen and oxygen atoms in total. The van der Waals surface area contributed by atoms with Crippen LogP contribution in [-0.4, -0.2) is 16.0 Å². The first kappa shape index (κ1) is 19.7. The van der Waals surface area contributed by atoms with Gasteiger partial charge in [0, 0.05) is 21.7 Å². The Kier molecular flexibility index (Phi) is 5.55. The molecular weight excluding hydrogens is 400 g/mol. The maximum atomic E-state index is 12.7. The molecule has 0 bridgehead atoms. The minimum Gasteiger partial charge on any atom is -0.508 e. The van der Waals surface area contributed by atoms with Gasteiger partial charge >= 0.3 is 0 Å². The molecule has 0 unspecified atom stereocenters. The van der Waals surface area contributed by atoms with E-state index >= 15 is 0 Å². The van der Waals surface area contributed by atoms with E-state index < -0.39 is 0 Å². The zero-order chi connectivity index (χ0) is 21.1.